The minimum Gasteiger partial charge on any atom is -0.497 e. The van der Waals surface area contributed by atoms with Gasteiger partial charge in [-0.05, 0) is 29.8 Å². The molecule has 0 saturated heterocycles. The highest BCUT2D eigenvalue weighted by Gasteiger charge is 2.35. The summed E-state index contributed by atoms with van der Waals surface area (Å²) in [6.07, 6.45) is -4.83. The van der Waals surface area contributed by atoms with E-state index >= 15 is 0 Å². The summed E-state index contributed by atoms with van der Waals surface area (Å²) in [6, 6.07) is 9.35. The van der Waals surface area contributed by atoms with E-state index in [-0.39, 0.29) is 6.42 Å². The predicted molar refractivity (Wildman–Crippen MR) is 87.0 cm³/mol. The van der Waals surface area contributed by atoms with Crippen molar-refractivity contribution in [3.05, 3.63) is 65.2 Å². The molecule has 2 aromatic rings. The number of carbonyl (C=O) groups excluding carboxylic acids is 1. The van der Waals surface area contributed by atoms with Crippen molar-refractivity contribution in [2.45, 2.75) is 18.6 Å². The molecule has 0 aromatic heterocycles. The molecule has 8 heteroatoms. The molecule has 2 aromatic carbocycles. The van der Waals surface area contributed by atoms with Crippen LogP contribution in [-0.2, 0) is 17.4 Å². The Morgan fingerprint density at radius 3 is 2.46 bits per heavy atom. The second-order valence-electron chi connectivity index (χ2n) is 5.46. The topological polar surface area (TPSA) is 75.6 Å². The monoisotopic (exact) mass is 367 g/mol. The van der Waals surface area contributed by atoms with Gasteiger partial charge in [-0.3, -0.25) is 4.79 Å². The van der Waals surface area contributed by atoms with E-state index in [1.165, 1.54) is 13.2 Å². The van der Waals surface area contributed by atoms with E-state index in [4.69, 9.17) is 4.74 Å². The molecule has 0 heterocycles. The lowest BCUT2D eigenvalue weighted by molar-refractivity contribution is -0.139. The molecule has 1 atom stereocenters. The predicted octanol–water partition coefficient (Wildman–Crippen LogP) is 3.14. The van der Waals surface area contributed by atoms with Gasteiger partial charge >= 0.3 is 12.1 Å². The van der Waals surface area contributed by atoms with Crippen LogP contribution in [0.1, 0.15) is 21.5 Å². The zero-order chi connectivity index (χ0) is 19.3. The Labute approximate surface area is 147 Å². The normalized spacial score (nSPS) is 12.3. The molecule has 1 amide bonds. The highest BCUT2D eigenvalue weighted by Crippen LogP contribution is 2.31. The number of nitrogens with one attached hydrogen (secondary N) is 1. The fourth-order valence-corrected chi connectivity index (χ4v) is 2.40. The minimum absolute atomic E-state index is 0.105. The quantitative estimate of drug-likeness (QED) is 0.823. The molecule has 138 valence electrons. The molecule has 26 heavy (non-hydrogen) atoms. The van der Waals surface area contributed by atoms with Crippen molar-refractivity contribution in [1.29, 1.82) is 0 Å². The summed E-state index contributed by atoms with van der Waals surface area (Å²) in [5.41, 5.74) is -1.19. The first-order valence-corrected chi connectivity index (χ1v) is 7.55. The fraction of sp³-hybridized carbons (Fsp3) is 0.222. The third-order valence-electron chi connectivity index (χ3n) is 3.65. The Hall–Kier alpha value is -3.03. The number of carbonyl (C=O) groups is 2. The molecule has 0 aliphatic rings. The van der Waals surface area contributed by atoms with Gasteiger partial charge in [0.25, 0.3) is 5.91 Å². The Kier molecular flexibility index (Phi) is 5.86. The van der Waals surface area contributed by atoms with Gasteiger partial charge in [0.05, 0.1) is 18.2 Å². The Bertz CT molecular complexity index is 805. The van der Waals surface area contributed by atoms with Crippen LogP contribution in [0.15, 0.2) is 48.5 Å². The average Bonchev–Trinajstić information content (AvgIpc) is 2.60. The van der Waals surface area contributed by atoms with Gasteiger partial charge in [0, 0.05) is 6.42 Å². The number of benzene rings is 2. The van der Waals surface area contributed by atoms with Crippen molar-refractivity contribution in [2.75, 3.05) is 7.11 Å². The van der Waals surface area contributed by atoms with Gasteiger partial charge in [-0.25, -0.2) is 4.79 Å². The van der Waals surface area contributed by atoms with Crippen LogP contribution >= 0.6 is 0 Å². The molecule has 0 saturated carbocycles. The molecule has 2 N–H and O–H groups in total. The third kappa shape index (κ3) is 4.75. The first-order chi connectivity index (χ1) is 12.2. The maximum absolute atomic E-state index is 13.0. The fourth-order valence-electron chi connectivity index (χ4n) is 2.40. The SMILES string of the molecule is COc1cccc(C[C@@H](NC(=O)c2ccccc2C(F)(F)F)C(=O)O)c1. The summed E-state index contributed by atoms with van der Waals surface area (Å²) in [7, 11) is 1.45. The van der Waals surface area contributed by atoms with Crippen molar-refractivity contribution in [3.8, 4) is 5.75 Å². The Balaban J connectivity index is 2.23. The summed E-state index contributed by atoms with van der Waals surface area (Å²) < 4.78 is 44.1. The van der Waals surface area contributed by atoms with Gasteiger partial charge in [0.15, 0.2) is 0 Å². The van der Waals surface area contributed by atoms with Crippen LogP contribution in [0.4, 0.5) is 13.2 Å². The maximum atomic E-state index is 13.0. The zero-order valence-corrected chi connectivity index (χ0v) is 13.7. The third-order valence-corrected chi connectivity index (χ3v) is 3.65. The number of carboxylic acids is 1. The van der Waals surface area contributed by atoms with Crippen molar-refractivity contribution < 1.29 is 32.6 Å². The van der Waals surface area contributed by atoms with Crippen LogP contribution < -0.4 is 10.1 Å². The lowest BCUT2D eigenvalue weighted by atomic mass is 10.0. The Morgan fingerprint density at radius 2 is 1.85 bits per heavy atom. The standard InChI is InChI=1S/C18H16F3NO4/c1-26-12-6-4-5-11(9-12)10-15(17(24)25)22-16(23)13-7-2-3-8-14(13)18(19,20)21/h2-9,15H,10H2,1H3,(H,22,23)(H,24,25)/t15-/m1/s1. The van der Waals surface area contributed by atoms with Gasteiger partial charge in [0.1, 0.15) is 11.8 Å². The van der Waals surface area contributed by atoms with E-state index in [0.29, 0.717) is 11.3 Å². The number of halogens is 3. The number of aliphatic carboxylic acids is 1. The molecule has 0 spiro atoms. The summed E-state index contributed by atoms with van der Waals surface area (Å²) >= 11 is 0. The van der Waals surface area contributed by atoms with E-state index in [2.05, 4.69) is 5.32 Å². The van der Waals surface area contributed by atoms with E-state index in [0.717, 1.165) is 18.2 Å². The van der Waals surface area contributed by atoms with Crippen LogP contribution in [0.2, 0.25) is 0 Å². The highest BCUT2D eigenvalue weighted by atomic mass is 19.4. The molecule has 0 fully saturated rings. The van der Waals surface area contributed by atoms with Gasteiger partial charge in [-0.15, -0.1) is 0 Å². The van der Waals surface area contributed by atoms with Gasteiger partial charge in [-0.2, -0.15) is 13.2 Å². The number of rotatable bonds is 6. The van der Waals surface area contributed by atoms with Crippen molar-refractivity contribution >= 4 is 11.9 Å². The van der Waals surface area contributed by atoms with Crippen molar-refractivity contribution in [3.63, 3.8) is 0 Å². The van der Waals surface area contributed by atoms with Gasteiger partial charge in [-0.1, -0.05) is 24.3 Å². The minimum atomic E-state index is -4.72. The molecule has 0 radical (unpaired) electrons. The number of carboxylic acid groups (broad SMARTS) is 1. The number of methoxy groups -OCH3 is 1. The molecule has 5 nitrogen and oxygen atoms in total. The smallest absolute Gasteiger partial charge is 0.417 e. The van der Waals surface area contributed by atoms with Crippen LogP contribution in [0.3, 0.4) is 0 Å². The van der Waals surface area contributed by atoms with Crippen molar-refractivity contribution in [1.82, 2.24) is 5.32 Å². The van der Waals surface area contributed by atoms with Crippen LogP contribution in [0.5, 0.6) is 5.75 Å². The first kappa shape index (κ1) is 19.3. The number of hydrogen-bond donors (Lipinski definition) is 2. The van der Waals surface area contributed by atoms with E-state index in [9.17, 15) is 27.9 Å². The summed E-state index contributed by atoms with van der Waals surface area (Å²) in [4.78, 5) is 23.7. The second-order valence-corrected chi connectivity index (χ2v) is 5.46. The zero-order valence-electron chi connectivity index (χ0n) is 13.7. The number of amides is 1. The lowest BCUT2D eigenvalue weighted by Gasteiger charge is -2.17. The summed E-state index contributed by atoms with van der Waals surface area (Å²) in [5.74, 6) is -1.96. The largest absolute Gasteiger partial charge is 0.497 e. The molecule has 2 rings (SSSR count). The van der Waals surface area contributed by atoms with E-state index < -0.39 is 35.2 Å². The average molecular weight is 367 g/mol. The van der Waals surface area contributed by atoms with E-state index in [1.807, 2.05) is 0 Å². The van der Waals surface area contributed by atoms with Gasteiger partial charge in [0.2, 0.25) is 0 Å². The first-order valence-electron chi connectivity index (χ1n) is 7.55. The van der Waals surface area contributed by atoms with Crippen LogP contribution in [0.25, 0.3) is 0 Å². The number of hydrogen-bond acceptors (Lipinski definition) is 3. The Morgan fingerprint density at radius 1 is 1.15 bits per heavy atom. The molecular weight excluding hydrogens is 351 g/mol. The molecule has 0 bridgehead atoms. The van der Waals surface area contributed by atoms with Crippen molar-refractivity contribution in [2.24, 2.45) is 0 Å². The maximum Gasteiger partial charge on any atom is 0.417 e. The second kappa shape index (κ2) is 7.90. The summed E-state index contributed by atoms with van der Waals surface area (Å²) in [5, 5.41) is 11.5. The lowest BCUT2D eigenvalue weighted by Crippen LogP contribution is -2.42. The number of ether oxygens (including phenoxy) is 1. The number of alkyl halides is 3. The molecule has 0 aliphatic heterocycles. The van der Waals surface area contributed by atoms with Crippen LogP contribution in [-0.4, -0.2) is 30.1 Å². The van der Waals surface area contributed by atoms with Gasteiger partial charge < -0.3 is 15.2 Å². The molecule has 0 unspecified atom stereocenters. The molecular formula is C18H16F3NO4. The molecule has 0 aliphatic carbocycles. The van der Waals surface area contributed by atoms with Crippen LogP contribution in [0, 0.1) is 0 Å². The highest BCUT2D eigenvalue weighted by molar-refractivity contribution is 5.98. The van der Waals surface area contributed by atoms with E-state index in [1.54, 1.807) is 24.3 Å². The summed E-state index contributed by atoms with van der Waals surface area (Å²) in [6.45, 7) is 0.